The van der Waals surface area contributed by atoms with Crippen molar-refractivity contribution in [2.45, 2.75) is 25.0 Å². The van der Waals surface area contributed by atoms with Crippen LogP contribution < -0.4 is 4.74 Å². The molecule has 2 heterocycles. The molecule has 30 heavy (non-hydrogen) atoms. The van der Waals surface area contributed by atoms with E-state index >= 15 is 0 Å². The van der Waals surface area contributed by atoms with E-state index in [1.165, 1.54) is 0 Å². The van der Waals surface area contributed by atoms with Gasteiger partial charge >= 0.3 is 0 Å². The van der Waals surface area contributed by atoms with E-state index in [2.05, 4.69) is 16.0 Å². The second-order valence-corrected chi connectivity index (χ2v) is 8.05. The lowest BCUT2D eigenvalue weighted by molar-refractivity contribution is -0.152. The zero-order chi connectivity index (χ0) is 21.7. The fraction of sp³-hybridized carbons (Fsp3) is 0.238. The maximum absolute atomic E-state index is 10.6. The Morgan fingerprint density at radius 1 is 1.23 bits per heavy atom. The van der Waals surface area contributed by atoms with Gasteiger partial charge < -0.3 is 24.5 Å². The summed E-state index contributed by atoms with van der Waals surface area (Å²) in [6, 6.07) is 11.3. The van der Waals surface area contributed by atoms with E-state index in [4.69, 9.17) is 14.5 Å². The lowest BCUT2D eigenvalue weighted by Gasteiger charge is -2.36. The van der Waals surface area contributed by atoms with Crippen LogP contribution in [0, 0.1) is 18.3 Å². The summed E-state index contributed by atoms with van der Waals surface area (Å²) in [4.78, 5) is 11.3. The van der Waals surface area contributed by atoms with Gasteiger partial charge in [-0.05, 0) is 49.7 Å². The van der Waals surface area contributed by atoms with Crippen molar-refractivity contribution in [1.29, 1.82) is 5.26 Å². The predicted molar refractivity (Wildman–Crippen MR) is 120 cm³/mol. The van der Waals surface area contributed by atoms with Gasteiger partial charge in [0.25, 0.3) is 0 Å². The monoisotopic (exact) mass is 400 g/mol. The number of ether oxygens (including phenoxy) is 2. The van der Waals surface area contributed by atoms with Gasteiger partial charge in [-0.25, -0.2) is 4.98 Å². The zero-order valence-corrected chi connectivity index (χ0v) is 17.6. The van der Waals surface area contributed by atoms with Crippen molar-refractivity contribution >= 4 is 37.6 Å². The van der Waals surface area contributed by atoms with Gasteiger partial charge in [-0.1, -0.05) is 0 Å². The van der Waals surface area contributed by atoms with Gasteiger partial charge in [0.1, 0.15) is 11.6 Å². The molecule has 9 heteroatoms. The van der Waals surface area contributed by atoms with Gasteiger partial charge in [-0.2, -0.15) is 5.26 Å². The zero-order valence-electron chi connectivity index (χ0n) is 17.6. The van der Waals surface area contributed by atoms with E-state index in [0.29, 0.717) is 22.7 Å². The summed E-state index contributed by atoms with van der Waals surface area (Å²) in [5.41, 5.74) is 2.04. The summed E-state index contributed by atoms with van der Waals surface area (Å²) in [6.45, 7) is 3.86. The number of H-pyrrole nitrogens is 2. The molecule has 0 saturated heterocycles. The van der Waals surface area contributed by atoms with Crippen LogP contribution in [-0.4, -0.2) is 48.4 Å². The number of methoxy groups -OCH3 is 1. The van der Waals surface area contributed by atoms with Crippen LogP contribution >= 0.6 is 0 Å². The van der Waals surface area contributed by atoms with Crippen molar-refractivity contribution in [3.63, 3.8) is 0 Å². The third-order valence-electron chi connectivity index (χ3n) is 5.22. The highest BCUT2D eigenvalue weighted by Gasteiger charge is 2.42. The van der Waals surface area contributed by atoms with E-state index in [0.717, 1.165) is 27.5 Å². The summed E-state index contributed by atoms with van der Waals surface area (Å²) in [5.74, 6) is 1.13. The normalized spacial score (nSPS) is 14.0. The fourth-order valence-electron chi connectivity index (χ4n) is 4.05. The van der Waals surface area contributed by atoms with Crippen molar-refractivity contribution in [3.05, 3.63) is 59.0 Å². The summed E-state index contributed by atoms with van der Waals surface area (Å²) < 4.78 is 12.0. The van der Waals surface area contributed by atoms with Crippen LogP contribution in [0.1, 0.15) is 29.4 Å². The Labute approximate surface area is 175 Å². The fourth-order valence-corrected chi connectivity index (χ4v) is 4.05. The molecule has 0 aliphatic rings. The van der Waals surface area contributed by atoms with Crippen molar-refractivity contribution in [2.24, 2.45) is 0 Å². The Hall–Kier alpha value is -3.21. The van der Waals surface area contributed by atoms with Gasteiger partial charge in [-0.3, -0.25) is 0 Å². The molecule has 0 aliphatic heterocycles. The Bertz CT molecular complexity index is 1300. The first-order chi connectivity index (χ1) is 14.2. The first kappa shape index (κ1) is 20.1. The Morgan fingerprint density at radius 2 is 2.00 bits per heavy atom. The minimum atomic E-state index is -1.45. The summed E-state index contributed by atoms with van der Waals surface area (Å²) in [5, 5.41) is 20.7. The molecule has 0 bridgehead atoms. The van der Waals surface area contributed by atoms with Crippen LogP contribution in [0.4, 0.5) is 0 Å². The number of hydrogen-bond donors (Lipinski definition) is 3. The number of aliphatic hydroxyl groups is 1. The SMILES string of the molecule is BC(B)(O)OC(C)(c1nc2cc(C#N)ccc2[nH]1)c1c(OC)cc(C)c2[nH]ccc12. The molecule has 2 aromatic heterocycles. The van der Waals surface area contributed by atoms with Gasteiger partial charge in [-0.15, -0.1) is 0 Å². The van der Waals surface area contributed by atoms with Crippen LogP contribution in [-0.2, 0) is 10.3 Å². The minimum Gasteiger partial charge on any atom is -0.496 e. The Balaban J connectivity index is 2.05. The lowest BCUT2D eigenvalue weighted by Crippen LogP contribution is -2.44. The average molecular weight is 400 g/mol. The highest BCUT2D eigenvalue weighted by molar-refractivity contribution is 6.37. The van der Waals surface area contributed by atoms with E-state index in [1.54, 1.807) is 34.9 Å². The first-order valence-electron chi connectivity index (χ1n) is 9.64. The van der Waals surface area contributed by atoms with Crippen molar-refractivity contribution < 1.29 is 14.6 Å². The molecule has 150 valence electrons. The molecular formula is C21H22B2N4O3. The Morgan fingerprint density at radius 3 is 2.67 bits per heavy atom. The highest BCUT2D eigenvalue weighted by Crippen LogP contribution is 2.44. The third kappa shape index (κ3) is 3.24. The highest BCUT2D eigenvalue weighted by atomic mass is 16.6. The lowest BCUT2D eigenvalue weighted by atomic mass is 9.75. The van der Waals surface area contributed by atoms with Crippen molar-refractivity contribution in [1.82, 2.24) is 15.0 Å². The molecule has 0 radical (unpaired) electrons. The molecular weight excluding hydrogens is 378 g/mol. The number of aromatic amines is 2. The van der Waals surface area contributed by atoms with Gasteiger partial charge in [0, 0.05) is 22.7 Å². The van der Waals surface area contributed by atoms with Crippen LogP contribution in [0.25, 0.3) is 21.9 Å². The van der Waals surface area contributed by atoms with Crippen LogP contribution in [0.2, 0.25) is 0 Å². The molecule has 7 nitrogen and oxygen atoms in total. The van der Waals surface area contributed by atoms with E-state index in [-0.39, 0.29) is 0 Å². The number of benzene rings is 2. The predicted octanol–water partition coefficient (Wildman–Crippen LogP) is 1.38. The topological polar surface area (TPSA) is 107 Å². The number of nitriles is 1. The molecule has 2 aromatic carbocycles. The second kappa shape index (κ2) is 6.94. The average Bonchev–Trinajstić information content (AvgIpc) is 3.33. The third-order valence-corrected chi connectivity index (χ3v) is 5.22. The molecule has 4 aromatic rings. The van der Waals surface area contributed by atoms with E-state index in [9.17, 15) is 10.4 Å². The molecule has 4 rings (SSSR count). The van der Waals surface area contributed by atoms with Crippen LogP contribution in [0.5, 0.6) is 5.75 Å². The van der Waals surface area contributed by atoms with Crippen LogP contribution in [0.3, 0.4) is 0 Å². The number of aryl methyl sites for hydroxylation is 1. The number of imidazole rings is 1. The smallest absolute Gasteiger partial charge is 0.165 e. The molecule has 0 amide bonds. The first-order valence-corrected chi connectivity index (χ1v) is 9.64. The van der Waals surface area contributed by atoms with E-state index < -0.39 is 11.2 Å². The summed E-state index contributed by atoms with van der Waals surface area (Å²) >= 11 is 0. The molecule has 0 fully saturated rings. The number of rotatable bonds is 5. The summed E-state index contributed by atoms with van der Waals surface area (Å²) in [7, 11) is 4.77. The van der Waals surface area contributed by atoms with Gasteiger partial charge in [0.15, 0.2) is 21.3 Å². The number of nitrogens with zero attached hydrogens (tertiary/aromatic N) is 2. The standard InChI is InChI=1S/C21H22B2N4O3/c1-11-8-16(29-3)17(13-6-7-25-18(11)13)20(2,30-21(22,23)28)19-26-14-5-4-12(10-24)9-15(14)27-19/h4-9,25,28H,22-23H2,1-3H3,(H,26,27). The maximum atomic E-state index is 10.6. The van der Waals surface area contributed by atoms with Gasteiger partial charge in [0.2, 0.25) is 0 Å². The number of nitrogens with one attached hydrogen (secondary N) is 2. The maximum Gasteiger partial charge on any atom is 0.165 e. The molecule has 0 saturated carbocycles. The van der Waals surface area contributed by atoms with Gasteiger partial charge in [0.05, 0.1) is 35.4 Å². The quantitative estimate of drug-likeness (QED) is 0.347. The summed E-state index contributed by atoms with van der Waals surface area (Å²) in [6.07, 6.45) is 1.86. The molecule has 3 N–H and O–H groups in total. The van der Waals surface area contributed by atoms with E-state index in [1.807, 2.05) is 38.2 Å². The van der Waals surface area contributed by atoms with Crippen molar-refractivity contribution in [3.8, 4) is 11.8 Å². The second-order valence-electron chi connectivity index (χ2n) is 8.05. The molecule has 0 aliphatic carbocycles. The number of aromatic nitrogens is 3. The van der Waals surface area contributed by atoms with Crippen molar-refractivity contribution in [2.75, 3.05) is 7.11 Å². The number of fused-ring (bicyclic) bond motifs is 2. The van der Waals surface area contributed by atoms with Crippen LogP contribution in [0.15, 0.2) is 36.5 Å². The molecule has 0 spiro atoms. The Kier molecular flexibility index (Phi) is 4.64. The largest absolute Gasteiger partial charge is 0.496 e. The minimum absolute atomic E-state index is 0.499. The molecule has 1 atom stereocenters. The molecule has 1 unspecified atom stereocenters. The number of hydrogen-bond acceptors (Lipinski definition) is 5.